The van der Waals surface area contributed by atoms with Crippen LogP contribution in [-0.2, 0) is 11.3 Å². The van der Waals surface area contributed by atoms with Gasteiger partial charge >= 0.3 is 0 Å². The number of hydrogen-bond donors (Lipinski definition) is 3. The smallest absolute Gasteiger partial charge is 0.262 e. The summed E-state index contributed by atoms with van der Waals surface area (Å²) in [5, 5.41) is 9.78. The number of carbonyl (C=O) groups excluding carboxylic acids is 2. The van der Waals surface area contributed by atoms with Gasteiger partial charge in [-0.15, -0.1) is 11.3 Å². The summed E-state index contributed by atoms with van der Waals surface area (Å²) in [5.41, 5.74) is 2.38. The van der Waals surface area contributed by atoms with Gasteiger partial charge in [0.05, 0.1) is 21.3 Å². The molecule has 0 spiro atoms. The molecule has 3 N–H and O–H groups in total. The first-order chi connectivity index (χ1) is 16.5. The molecular formula is C25H28ClN5O2S. The maximum absolute atomic E-state index is 13.0. The molecule has 0 saturated heterocycles. The lowest BCUT2D eigenvalue weighted by molar-refractivity contribution is -0.118. The molecule has 0 radical (unpaired) electrons. The van der Waals surface area contributed by atoms with E-state index in [-0.39, 0.29) is 11.8 Å². The largest absolute Gasteiger partial charge is 0.379 e. The van der Waals surface area contributed by atoms with E-state index >= 15 is 0 Å². The quantitative estimate of drug-likeness (QED) is 0.366. The van der Waals surface area contributed by atoms with Crippen molar-refractivity contribution < 1.29 is 9.59 Å². The monoisotopic (exact) mass is 497 g/mol. The zero-order chi connectivity index (χ0) is 23.9. The summed E-state index contributed by atoms with van der Waals surface area (Å²) in [6.45, 7) is 2.46. The van der Waals surface area contributed by atoms with E-state index in [1.165, 1.54) is 24.2 Å². The summed E-state index contributed by atoms with van der Waals surface area (Å²) in [5.74, 6) is 0.0182. The second-order valence-electron chi connectivity index (χ2n) is 8.54. The van der Waals surface area contributed by atoms with E-state index in [0.29, 0.717) is 34.5 Å². The van der Waals surface area contributed by atoms with E-state index < -0.39 is 6.04 Å². The number of anilines is 2. The average molecular weight is 498 g/mol. The number of hydrogen-bond acceptors (Lipinski definition) is 6. The Labute approximate surface area is 208 Å². The Kier molecular flexibility index (Phi) is 8.13. The maximum Gasteiger partial charge on any atom is 0.262 e. The van der Waals surface area contributed by atoms with Gasteiger partial charge in [0.1, 0.15) is 6.04 Å². The molecule has 0 bridgehead atoms. The fourth-order valence-corrected chi connectivity index (χ4v) is 5.18. The van der Waals surface area contributed by atoms with Crippen molar-refractivity contribution in [3.05, 3.63) is 69.4 Å². The topological polar surface area (TPSA) is 96.0 Å². The molecule has 3 aromatic rings. The molecule has 1 saturated carbocycles. The number of rotatable bonds is 9. The number of thiophene rings is 1. The van der Waals surface area contributed by atoms with Crippen LogP contribution in [0.5, 0.6) is 0 Å². The molecule has 0 unspecified atom stereocenters. The highest BCUT2D eigenvalue weighted by Gasteiger charge is 2.27. The van der Waals surface area contributed by atoms with Crippen molar-refractivity contribution in [1.29, 1.82) is 0 Å². The summed E-state index contributed by atoms with van der Waals surface area (Å²) < 4.78 is 0. The van der Waals surface area contributed by atoms with Gasteiger partial charge in [0.2, 0.25) is 5.91 Å². The first kappa shape index (κ1) is 24.2. The molecule has 2 amide bonds. The lowest BCUT2D eigenvalue weighted by atomic mass is 9.97. The molecule has 7 nitrogen and oxygen atoms in total. The van der Waals surface area contributed by atoms with Gasteiger partial charge in [-0.2, -0.15) is 0 Å². The molecule has 1 atom stereocenters. The van der Waals surface area contributed by atoms with Crippen molar-refractivity contribution >= 4 is 46.1 Å². The summed E-state index contributed by atoms with van der Waals surface area (Å²) in [6.07, 6.45) is 10.1. The first-order valence-corrected chi connectivity index (χ1v) is 12.6. The number of nitrogens with one attached hydrogen (secondary N) is 3. The van der Waals surface area contributed by atoms with Crippen LogP contribution in [0.25, 0.3) is 0 Å². The molecule has 178 valence electrons. The summed E-state index contributed by atoms with van der Waals surface area (Å²) >= 11 is 7.44. The van der Waals surface area contributed by atoms with Crippen LogP contribution in [0.1, 0.15) is 52.3 Å². The molecule has 3 aromatic heterocycles. The lowest BCUT2D eigenvalue weighted by Crippen LogP contribution is -2.44. The van der Waals surface area contributed by atoms with Crippen molar-refractivity contribution in [2.45, 2.75) is 51.6 Å². The van der Waals surface area contributed by atoms with Gasteiger partial charge in [0.25, 0.3) is 5.91 Å². The van der Waals surface area contributed by atoms with E-state index in [0.717, 1.165) is 29.1 Å². The highest BCUT2D eigenvalue weighted by molar-refractivity contribution is 7.14. The third-order valence-corrected chi connectivity index (χ3v) is 7.30. The zero-order valence-electron chi connectivity index (χ0n) is 19.0. The maximum atomic E-state index is 13.0. The minimum atomic E-state index is -0.590. The van der Waals surface area contributed by atoms with E-state index in [1.807, 2.05) is 19.1 Å². The Morgan fingerprint density at radius 3 is 2.71 bits per heavy atom. The molecular weight excluding hydrogens is 470 g/mol. The third-order valence-electron chi connectivity index (χ3n) is 6.01. The average Bonchev–Trinajstić information content (AvgIpc) is 3.52. The Hall–Kier alpha value is -2.97. The minimum Gasteiger partial charge on any atom is -0.379 e. The number of carbonyl (C=O) groups is 2. The predicted octanol–water partition coefficient (Wildman–Crippen LogP) is 5.43. The van der Waals surface area contributed by atoms with Crippen molar-refractivity contribution in [3.8, 4) is 0 Å². The molecule has 4 rings (SSSR count). The van der Waals surface area contributed by atoms with Gasteiger partial charge in [0, 0.05) is 35.7 Å². The first-order valence-electron chi connectivity index (χ1n) is 11.4. The number of pyridine rings is 2. The third kappa shape index (κ3) is 6.55. The molecule has 1 fully saturated rings. The van der Waals surface area contributed by atoms with Gasteiger partial charge in [-0.1, -0.05) is 37.3 Å². The molecule has 0 aromatic carbocycles. The Bertz CT molecular complexity index is 1130. The van der Waals surface area contributed by atoms with E-state index in [4.69, 9.17) is 11.6 Å². The van der Waals surface area contributed by atoms with Crippen LogP contribution < -0.4 is 16.0 Å². The van der Waals surface area contributed by atoms with E-state index in [9.17, 15) is 9.59 Å². The number of amides is 2. The predicted molar refractivity (Wildman–Crippen MR) is 136 cm³/mol. The van der Waals surface area contributed by atoms with Crippen LogP contribution in [0, 0.1) is 12.8 Å². The fraction of sp³-hybridized carbons (Fsp3) is 0.360. The van der Waals surface area contributed by atoms with Crippen LogP contribution in [0.4, 0.5) is 11.4 Å². The van der Waals surface area contributed by atoms with E-state index in [2.05, 4.69) is 25.9 Å². The number of aryl methyl sites for hydroxylation is 1. The van der Waals surface area contributed by atoms with Crippen LogP contribution in [0.3, 0.4) is 0 Å². The summed E-state index contributed by atoms with van der Waals surface area (Å²) in [7, 11) is 0. The molecule has 1 aliphatic carbocycles. The van der Waals surface area contributed by atoms with Gasteiger partial charge in [-0.3, -0.25) is 19.6 Å². The second kappa shape index (κ2) is 11.4. The lowest BCUT2D eigenvalue weighted by Gasteiger charge is -2.21. The molecule has 0 aliphatic heterocycles. The second-order valence-corrected chi connectivity index (χ2v) is 10.1. The van der Waals surface area contributed by atoms with Gasteiger partial charge < -0.3 is 16.0 Å². The Morgan fingerprint density at radius 1 is 1.18 bits per heavy atom. The standard InChI is InChI=1S/C25H28ClN5O2S/c1-16-21(13-18(26)14-28-16)29-15-20-6-7-23(34-20)25(33)31-22(12-17-4-2-3-5-17)24(32)30-19-8-10-27-11-9-19/h6-11,13-14,17,22,29H,2-5,12,15H2,1H3,(H,31,33)(H,27,30,32)/t22-/m0/s1. The van der Waals surface area contributed by atoms with Crippen molar-refractivity contribution in [3.63, 3.8) is 0 Å². The normalized spacial score (nSPS) is 14.5. The van der Waals surface area contributed by atoms with Crippen molar-refractivity contribution in [2.24, 2.45) is 5.92 Å². The van der Waals surface area contributed by atoms with E-state index in [1.54, 1.807) is 36.8 Å². The number of nitrogens with zero attached hydrogens (tertiary/aromatic N) is 2. The van der Waals surface area contributed by atoms with Crippen LogP contribution in [-0.4, -0.2) is 27.8 Å². The molecule has 9 heteroatoms. The number of halogens is 1. The van der Waals surface area contributed by atoms with Crippen molar-refractivity contribution in [1.82, 2.24) is 15.3 Å². The van der Waals surface area contributed by atoms with Crippen molar-refractivity contribution in [2.75, 3.05) is 10.6 Å². The zero-order valence-corrected chi connectivity index (χ0v) is 20.6. The van der Waals surface area contributed by atoms with Gasteiger partial charge in [-0.25, -0.2) is 0 Å². The Morgan fingerprint density at radius 2 is 1.94 bits per heavy atom. The fourth-order valence-electron chi connectivity index (χ4n) is 4.17. The molecule has 3 heterocycles. The van der Waals surface area contributed by atoms with Crippen LogP contribution in [0.15, 0.2) is 48.9 Å². The number of aromatic nitrogens is 2. The van der Waals surface area contributed by atoms with Crippen LogP contribution in [0.2, 0.25) is 5.02 Å². The highest BCUT2D eigenvalue weighted by Crippen LogP contribution is 2.29. The van der Waals surface area contributed by atoms with Gasteiger partial charge in [-0.05, 0) is 49.6 Å². The molecule has 34 heavy (non-hydrogen) atoms. The summed E-state index contributed by atoms with van der Waals surface area (Å²) in [4.78, 5) is 35.9. The summed E-state index contributed by atoms with van der Waals surface area (Å²) in [6, 6.07) is 8.44. The highest BCUT2D eigenvalue weighted by atomic mass is 35.5. The van der Waals surface area contributed by atoms with Crippen LogP contribution >= 0.6 is 22.9 Å². The molecule has 1 aliphatic rings. The SMILES string of the molecule is Cc1ncc(Cl)cc1NCc1ccc(C(=O)N[C@@H](CC2CCCC2)C(=O)Nc2ccncc2)s1. The van der Waals surface area contributed by atoms with Gasteiger partial charge in [0.15, 0.2) is 0 Å². The minimum absolute atomic E-state index is 0.200. The Balaban J connectivity index is 1.39.